The highest BCUT2D eigenvalue weighted by Gasteiger charge is 2.32. The zero-order chi connectivity index (χ0) is 9.84. The highest BCUT2D eigenvalue weighted by Crippen LogP contribution is 2.12. The molecule has 1 heterocycles. The second-order valence-corrected chi connectivity index (χ2v) is 3.15. The Morgan fingerprint density at radius 3 is 2.85 bits per heavy atom. The lowest BCUT2D eigenvalue weighted by atomic mass is 10.3. The van der Waals surface area contributed by atoms with Gasteiger partial charge in [-0.1, -0.05) is 0 Å². The first kappa shape index (κ1) is 10.4. The fourth-order valence-corrected chi connectivity index (χ4v) is 1.53. The maximum absolute atomic E-state index is 10.4. The Balaban J connectivity index is 2.35. The van der Waals surface area contributed by atoms with Crippen LogP contribution in [0.5, 0.6) is 0 Å². The van der Waals surface area contributed by atoms with Crippen LogP contribution >= 0.6 is 0 Å². The van der Waals surface area contributed by atoms with E-state index < -0.39 is 12.1 Å². The number of nitrogens with zero attached hydrogens (tertiary/aromatic N) is 1. The average Bonchev–Trinajstić information content (AvgIpc) is 2.31. The minimum Gasteiger partial charge on any atom is -0.480 e. The quantitative estimate of drug-likeness (QED) is 0.603. The van der Waals surface area contributed by atoms with Crippen molar-refractivity contribution in [1.29, 1.82) is 0 Å². The summed E-state index contributed by atoms with van der Waals surface area (Å²) in [6, 6.07) is 0. The van der Waals surface area contributed by atoms with Gasteiger partial charge in [-0.3, -0.25) is 9.69 Å². The molecule has 5 nitrogen and oxygen atoms in total. The maximum Gasteiger partial charge on any atom is 0.317 e. The molecule has 0 radical (unpaired) electrons. The number of hydrogen-bond donors (Lipinski definition) is 2. The number of rotatable bonds is 4. The second-order valence-electron chi connectivity index (χ2n) is 3.15. The van der Waals surface area contributed by atoms with Crippen LogP contribution in [0.4, 0.5) is 0 Å². The molecule has 1 saturated heterocycles. The van der Waals surface area contributed by atoms with E-state index in [-0.39, 0.29) is 12.6 Å². The van der Waals surface area contributed by atoms with Gasteiger partial charge < -0.3 is 14.9 Å². The fourth-order valence-electron chi connectivity index (χ4n) is 1.53. The fraction of sp³-hybridized carbons (Fsp3) is 0.875. The molecule has 5 heteroatoms. The molecule has 0 amide bonds. The zero-order valence-electron chi connectivity index (χ0n) is 7.64. The van der Waals surface area contributed by atoms with Gasteiger partial charge in [0.1, 0.15) is 0 Å². The third-order valence-corrected chi connectivity index (χ3v) is 2.05. The molecule has 0 aliphatic carbocycles. The monoisotopic (exact) mass is 189 g/mol. The summed E-state index contributed by atoms with van der Waals surface area (Å²) in [6.07, 6.45) is -0.788. The van der Waals surface area contributed by atoms with E-state index in [2.05, 4.69) is 0 Å². The van der Waals surface area contributed by atoms with Gasteiger partial charge in [0, 0.05) is 19.7 Å². The van der Waals surface area contributed by atoms with Gasteiger partial charge in [-0.25, -0.2) is 0 Å². The molecule has 0 bridgehead atoms. The van der Waals surface area contributed by atoms with Crippen molar-refractivity contribution in [2.45, 2.75) is 19.1 Å². The van der Waals surface area contributed by atoms with Crippen molar-refractivity contribution < 1.29 is 19.7 Å². The molecule has 13 heavy (non-hydrogen) atoms. The van der Waals surface area contributed by atoms with Gasteiger partial charge >= 0.3 is 5.97 Å². The van der Waals surface area contributed by atoms with Crippen LogP contribution in [0.25, 0.3) is 0 Å². The van der Waals surface area contributed by atoms with Crippen molar-refractivity contribution in [3.8, 4) is 0 Å². The van der Waals surface area contributed by atoms with Gasteiger partial charge in [-0.15, -0.1) is 0 Å². The Bertz CT molecular complexity index is 185. The molecule has 2 unspecified atom stereocenters. The van der Waals surface area contributed by atoms with Gasteiger partial charge in [0.15, 0.2) is 0 Å². The van der Waals surface area contributed by atoms with Crippen LogP contribution in [-0.2, 0) is 9.53 Å². The summed E-state index contributed by atoms with van der Waals surface area (Å²) in [5.74, 6) is -0.871. The number of hydrogen-bond acceptors (Lipinski definition) is 4. The topological polar surface area (TPSA) is 70.0 Å². The lowest BCUT2D eigenvalue weighted by Crippen LogP contribution is -2.28. The highest BCUT2D eigenvalue weighted by molar-refractivity contribution is 5.69. The predicted molar refractivity (Wildman–Crippen MR) is 45.5 cm³/mol. The molecular weight excluding hydrogens is 174 g/mol. The molecule has 0 aromatic carbocycles. The van der Waals surface area contributed by atoms with Crippen molar-refractivity contribution in [1.82, 2.24) is 4.90 Å². The van der Waals surface area contributed by atoms with Crippen LogP contribution in [0.3, 0.4) is 0 Å². The van der Waals surface area contributed by atoms with Crippen LogP contribution < -0.4 is 0 Å². The smallest absolute Gasteiger partial charge is 0.317 e. The molecule has 2 atom stereocenters. The number of likely N-dealkylation sites (tertiary alicyclic amines) is 1. The first-order valence-corrected chi connectivity index (χ1v) is 4.37. The number of ether oxygens (including phenoxy) is 1. The first-order valence-electron chi connectivity index (χ1n) is 4.37. The third kappa shape index (κ3) is 2.95. The number of carboxylic acids is 1. The standard InChI is InChI=1S/C8H15NO4/c1-2-13-7-4-9(3-6(7)10)5-8(11)12/h6-7,10H,2-5H2,1H3,(H,11,12). The molecule has 76 valence electrons. The van der Waals surface area contributed by atoms with Crippen molar-refractivity contribution in [2.75, 3.05) is 26.2 Å². The van der Waals surface area contributed by atoms with Crippen molar-refractivity contribution in [3.63, 3.8) is 0 Å². The molecule has 1 aliphatic rings. The molecule has 1 aliphatic heterocycles. The Morgan fingerprint density at radius 2 is 2.31 bits per heavy atom. The van der Waals surface area contributed by atoms with E-state index in [9.17, 15) is 9.90 Å². The summed E-state index contributed by atoms with van der Waals surface area (Å²) in [7, 11) is 0. The summed E-state index contributed by atoms with van der Waals surface area (Å²) in [5.41, 5.74) is 0. The summed E-state index contributed by atoms with van der Waals surface area (Å²) >= 11 is 0. The lowest BCUT2D eigenvalue weighted by Gasteiger charge is -2.13. The van der Waals surface area contributed by atoms with Crippen LogP contribution in [0.1, 0.15) is 6.92 Å². The summed E-state index contributed by atoms with van der Waals surface area (Å²) in [6.45, 7) is 3.26. The second kappa shape index (κ2) is 4.55. The molecule has 0 saturated carbocycles. The number of aliphatic carboxylic acids is 1. The van der Waals surface area contributed by atoms with Gasteiger partial charge in [0.25, 0.3) is 0 Å². The lowest BCUT2D eigenvalue weighted by molar-refractivity contribution is -0.138. The molecule has 1 fully saturated rings. The zero-order valence-corrected chi connectivity index (χ0v) is 7.64. The van der Waals surface area contributed by atoms with Crippen LogP contribution in [0, 0.1) is 0 Å². The maximum atomic E-state index is 10.4. The molecule has 2 N–H and O–H groups in total. The Hall–Kier alpha value is -0.650. The van der Waals surface area contributed by atoms with E-state index in [1.165, 1.54) is 0 Å². The highest BCUT2D eigenvalue weighted by atomic mass is 16.5. The molecule has 0 aromatic rings. The van der Waals surface area contributed by atoms with Gasteiger partial charge in [-0.2, -0.15) is 0 Å². The summed E-state index contributed by atoms with van der Waals surface area (Å²) in [4.78, 5) is 12.0. The summed E-state index contributed by atoms with van der Waals surface area (Å²) < 4.78 is 5.24. The normalized spacial score (nSPS) is 29.4. The average molecular weight is 189 g/mol. The van der Waals surface area contributed by atoms with Crippen LogP contribution in [-0.4, -0.2) is 59.5 Å². The SMILES string of the molecule is CCOC1CN(CC(=O)O)CC1O. The summed E-state index contributed by atoms with van der Waals surface area (Å²) in [5, 5.41) is 18.0. The van der Waals surface area contributed by atoms with E-state index in [0.29, 0.717) is 19.7 Å². The Kier molecular flexibility index (Phi) is 3.65. The molecule has 0 aromatic heterocycles. The van der Waals surface area contributed by atoms with Crippen molar-refractivity contribution in [2.24, 2.45) is 0 Å². The van der Waals surface area contributed by atoms with Gasteiger partial charge in [0.2, 0.25) is 0 Å². The van der Waals surface area contributed by atoms with E-state index in [1.807, 2.05) is 6.92 Å². The minimum absolute atomic E-state index is 0.0271. The number of aliphatic hydroxyl groups excluding tert-OH is 1. The number of carbonyl (C=O) groups is 1. The van der Waals surface area contributed by atoms with Crippen molar-refractivity contribution >= 4 is 5.97 Å². The Labute approximate surface area is 76.9 Å². The van der Waals surface area contributed by atoms with E-state index in [1.54, 1.807) is 4.90 Å². The molecular formula is C8H15NO4. The molecule has 1 rings (SSSR count). The first-order chi connectivity index (χ1) is 6.13. The number of β-amino-alcohol motifs (C(OH)–C–C–N with tert-alkyl or cyclic N) is 1. The van der Waals surface area contributed by atoms with E-state index >= 15 is 0 Å². The van der Waals surface area contributed by atoms with E-state index in [4.69, 9.17) is 9.84 Å². The van der Waals surface area contributed by atoms with Gasteiger partial charge in [-0.05, 0) is 6.92 Å². The van der Waals surface area contributed by atoms with Crippen LogP contribution in [0.2, 0.25) is 0 Å². The number of aliphatic hydroxyl groups is 1. The minimum atomic E-state index is -0.871. The largest absolute Gasteiger partial charge is 0.480 e. The number of carboxylic acid groups (broad SMARTS) is 1. The predicted octanol–water partition coefficient (Wildman–Crippen LogP) is -0.847. The Morgan fingerprint density at radius 1 is 1.62 bits per heavy atom. The van der Waals surface area contributed by atoms with Crippen LogP contribution in [0.15, 0.2) is 0 Å². The van der Waals surface area contributed by atoms with Gasteiger partial charge in [0.05, 0.1) is 18.8 Å². The van der Waals surface area contributed by atoms with E-state index in [0.717, 1.165) is 0 Å². The third-order valence-electron chi connectivity index (χ3n) is 2.05. The van der Waals surface area contributed by atoms with Crippen molar-refractivity contribution in [3.05, 3.63) is 0 Å². The molecule has 0 spiro atoms.